The van der Waals surface area contributed by atoms with E-state index in [1.54, 1.807) is 0 Å². The zero-order chi connectivity index (χ0) is 16.1. The van der Waals surface area contributed by atoms with Crippen LogP contribution in [0.5, 0.6) is 0 Å². The summed E-state index contributed by atoms with van der Waals surface area (Å²) in [6.45, 7) is 2.19. The van der Waals surface area contributed by atoms with Crippen LogP contribution >= 0.6 is 0 Å². The number of carbonyl (C=O) groups excluding carboxylic acids is 1. The zero-order valence-corrected chi connectivity index (χ0v) is 13.0. The van der Waals surface area contributed by atoms with Gasteiger partial charge in [0.05, 0.1) is 12.2 Å². The van der Waals surface area contributed by atoms with Gasteiger partial charge in [0.2, 0.25) is 0 Å². The molecule has 0 saturated heterocycles. The van der Waals surface area contributed by atoms with Gasteiger partial charge in [-0.1, -0.05) is 72.8 Å². The molecule has 0 unspecified atom stereocenters. The summed E-state index contributed by atoms with van der Waals surface area (Å²) in [7, 11) is 0. The lowest BCUT2D eigenvalue weighted by atomic mass is 10.1. The smallest absolute Gasteiger partial charge is 0.338 e. The summed E-state index contributed by atoms with van der Waals surface area (Å²) in [5.41, 5.74) is 4.72. The number of hydrogen-bond donors (Lipinski definition) is 0. The minimum Gasteiger partial charge on any atom is -0.462 e. The van der Waals surface area contributed by atoms with Gasteiger partial charge in [0.1, 0.15) is 0 Å². The van der Waals surface area contributed by atoms with Crippen LogP contribution in [0.25, 0.3) is 23.3 Å². The van der Waals surface area contributed by atoms with Crippen molar-refractivity contribution in [2.75, 3.05) is 6.61 Å². The fourth-order valence-corrected chi connectivity index (χ4v) is 2.61. The third kappa shape index (κ3) is 3.32. The Morgan fingerprint density at radius 2 is 1.57 bits per heavy atom. The minimum atomic E-state index is -0.275. The molecule has 0 aromatic heterocycles. The van der Waals surface area contributed by atoms with E-state index in [-0.39, 0.29) is 5.97 Å². The summed E-state index contributed by atoms with van der Waals surface area (Å²) in [5, 5.41) is 0. The van der Waals surface area contributed by atoms with E-state index in [0.717, 1.165) is 22.3 Å². The average Bonchev–Trinajstić information content (AvgIpc) is 2.75. The highest BCUT2D eigenvalue weighted by Crippen LogP contribution is 2.33. The first-order chi connectivity index (χ1) is 11.3. The molecule has 0 spiro atoms. The van der Waals surface area contributed by atoms with Crippen LogP contribution in [0.15, 0.2) is 66.7 Å². The summed E-state index contributed by atoms with van der Waals surface area (Å²) in [6.07, 6.45) is 4.09. The van der Waals surface area contributed by atoms with Gasteiger partial charge in [0, 0.05) is 0 Å². The van der Waals surface area contributed by atoms with E-state index in [4.69, 9.17) is 4.74 Å². The number of rotatable bonds is 4. The topological polar surface area (TPSA) is 26.3 Å². The molecular weight excluding hydrogens is 284 g/mol. The highest BCUT2D eigenvalue weighted by Gasteiger charge is 2.19. The van der Waals surface area contributed by atoms with Gasteiger partial charge in [-0.2, -0.15) is 0 Å². The first-order valence-corrected chi connectivity index (χ1v) is 7.71. The molecule has 2 aliphatic rings. The van der Waals surface area contributed by atoms with Gasteiger partial charge >= 0.3 is 5.97 Å². The molecule has 0 atom stereocenters. The molecule has 114 valence electrons. The van der Waals surface area contributed by atoms with Crippen molar-refractivity contribution in [1.29, 1.82) is 0 Å². The van der Waals surface area contributed by atoms with Crippen molar-refractivity contribution < 1.29 is 9.53 Å². The van der Waals surface area contributed by atoms with E-state index in [1.807, 2.05) is 79.7 Å². The Kier molecular flexibility index (Phi) is 4.53. The van der Waals surface area contributed by atoms with Crippen molar-refractivity contribution in [2.45, 2.75) is 6.92 Å². The second-order valence-electron chi connectivity index (χ2n) is 5.22. The fourth-order valence-electron chi connectivity index (χ4n) is 2.61. The third-order valence-corrected chi connectivity index (χ3v) is 3.69. The van der Waals surface area contributed by atoms with E-state index in [9.17, 15) is 4.79 Å². The molecule has 2 aliphatic carbocycles. The molecule has 0 heterocycles. The highest BCUT2D eigenvalue weighted by atomic mass is 16.5. The Balaban J connectivity index is 2.04. The van der Waals surface area contributed by atoms with Crippen LogP contribution in [0.1, 0.15) is 28.4 Å². The molecule has 0 radical (unpaired) electrons. The highest BCUT2D eigenvalue weighted by molar-refractivity contribution is 6.02. The first kappa shape index (κ1) is 15.0. The van der Waals surface area contributed by atoms with Gasteiger partial charge in [0.15, 0.2) is 0 Å². The van der Waals surface area contributed by atoms with Crippen molar-refractivity contribution in [3.05, 3.63) is 83.4 Å². The molecular formula is C21H18O2. The molecule has 0 fully saturated rings. The van der Waals surface area contributed by atoms with Crippen LogP contribution in [0, 0.1) is 0 Å². The van der Waals surface area contributed by atoms with E-state index in [1.165, 1.54) is 0 Å². The number of ether oxygens (including phenoxy) is 1. The summed E-state index contributed by atoms with van der Waals surface area (Å²) < 4.78 is 5.18. The number of benzene rings is 1. The predicted octanol–water partition coefficient (Wildman–Crippen LogP) is 5.14. The van der Waals surface area contributed by atoms with Crippen LogP contribution in [-0.2, 0) is 4.74 Å². The number of hydrogen-bond acceptors (Lipinski definition) is 2. The van der Waals surface area contributed by atoms with Crippen molar-refractivity contribution in [2.24, 2.45) is 0 Å². The maximum absolute atomic E-state index is 12.2. The van der Waals surface area contributed by atoms with Crippen molar-refractivity contribution in [3.8, 4) is 11.1 Å². The Morgan fingerprint density at radius 1 is 0.913 bits per heavy atom. The molecule has 0 aliphatic heterocycles. The van der Waals surface area contributed by atoms with Crippen LogP contribution in [0.4, 0.5) is 0 Å². The van der Waals surface area contributed by atoms with Crippen molar-refractivity contribution in [1.82, 2.24) is 0 Å². The monoisotopic (exact) mass is 302 g/mol. The van der Waals surface area contributed by atoms with Gasteiger partial charge in [-0.25, -0.2) is 4.79 Å². The second kappa shape index (κ2) is 6.93. The Labute approximate surface area is 136 Å². The molecule has 2 heteroatoms. The maximum Gasteiger partial charge on any atom is 0.338 e. The zero-order valence-electron chi connectivity index (χ0n) is 13.0. The SMILES string of the molecule is CCOC(=O)c1cc(/C=C/c2ccccc2)c2cccccc1-2. The fraction of sp³-hybridized carbons (Fsp3) is 0.0952. The molecule has 23 heavy (non-hydrogen) atoms. The lowest BCUT2D eigenvalue weighted by molar-refractivity contribution is 0.0527. The standard InChI is InChI=1S/C21H18O2/c1-2-23-21(22)20-15-17(14-13-16-9-5-3-6-10-16)18-11-7-4-8-12-19(18)20/h3-15H,2H2,1H3/b14-13+. The molecule has 3 rings (SSSR count). The van der Waals surface area contributed by atoms with Crippen LogP contribution in [0.3, 0.4) is 0 Å². The van der Waals surface area contributed by atoms with Gasteiger partial charge in [0.25, 0.3) is 0 Å². The largest absolute Gasteiger partial charge is 0.462 e. The molecule has 0 amide bonds. The number of fused-ring (bicyclic) bond motifs is 1. The van der Waals surface area contributed by atoms with E-state index in [0.29, 0.717) is 12.2 Å². The summed E-state index contributed by atoms with van der Waals surface area (Å²) >= 11 is 0. The Bertz CT molecular complexity index is 803. The van der Waals surface area contributed by atoms with Crippen molar-refractivity contribution >= 4 is 18.1 Å². The first-order valence-electron chi connectivity index (χ1n) is 7.71. The van der Waals surface area contributed by atoms with Crippen molar-refractivity contribution in [3.63, 3.8) is 0 Å². The van der Waals surface area contributed by atoms with Gasteiger partial charge in [-0.15, -0.1) is 0 Å². The van der Waals surface area contributed by atoms with E-state index in [2.05, 4.69) is 6.08 Å². The normalized spacial score (nSPS) is 11.0. The molecule has 2 nitrogen and oxygen atoms in total. The predicted molar refractivity (Wildman–Crippen MR) is 94.4 cm³/mol. The lowest BCUT2D eigenvalue weighted by Gasteiger charge is -2.01. The van der Waals surface area contributed by atoms with E-state index < -0.39 is 0 Å². The van der Waals surface area contributed by atoms with Crippen LogP contribution in [-0.4, -0.2) is 12.6 Å². The number of esters is 1. The molecule has 1 aromatic rings. The van der Waals surface area contributed by atoms with Crippen LogP contribution < -0.4 is 0 Å². The maximum atomic E-state index is 12.2. The second-order valence-corrected chi connectivity index (χ2v) is 5.22. The average molecular weight is 302 g/mol. The Morgan fingerprint density at radius 3 is 2.26 bits per heavy atom. The van der Waals surface area contributed by atoms with Gasteiger partial charge in [-0.05, 0) is 35.2 Å². The summed E-state index contributed by atoms with van der Waals surface area (Å²) in [6, 6.07) is 21.9. The van der Waals surface area contributed by atoms with Gasteiger partial charge < -0.3 is 4.74 Å². The summed E-state index contributed by atoms with van der Waals surface area (Å²) in [5.74, 6) is -0.275. The molecule has 0 N–H and O–H groups in total. The quantitative estimate of drug-likeness (QED) is 0.624. The third-order valence-electron chi connectivity index (χ3n) is 3.69. The molecule has 0 bridgehead atoms. The summed E-state index contributed by atoms with van der Waals surface area (Å²) in [4.78, 5) is 12.2. The minimum absolute atomic E-state index is 0.275. The Hall–Kier alpha value is -2.87. The molecule has 1 aromatic carbocycles. The van der Waals surface area contributed by atoms with Crippen LogP contribution in [0.2, 0.25) is 0 Å². The lowest BCUT2D eigenvalue weighted by Crippen LogP contribution is -2.03. The molecule has 0 saturated carbocycles. The van der Waals surface area contributed by atoms with Gasteiger partial charge in [-0.3, -0.25) is 0 Å². The number of carbonyl (C=O) groups is 1. The van der Waals surface area contributed by atoms with E-state index >= 15 is 0 Å².